The van der Waals surface area contributed by atoms with Crippen LogP contribution in [0.1, 0.15) is 45.6 Å². The van der Waals surface area contributed by atoms with Crippen LogP contribution in [0.15, 0.2) is 54.6 Å². The van der Waals surface area contributed by atoms with Crippen molar-refractivity contribution < 1.29 is 30.0 Å². The minimum atomic E-state index is -0.460. The summed E-state index contributed by atoms with van der Waals surface area (Å²) in [5.74, 6) is -0.873. The van der Waals surface area contributed by atoms with E-state index in [9.17, 15) is 25.2 Å². The Balaban J connectivity index is 1.95. The Morgan fingerprint density at radius 2 is 1.53 bits per heavy atom. The average molecular weight is 404 g/mol. The number of phenols is 4. The molecule has 152 valence electrons. The molecule has 6 nitrogen and oxygen atoms in total. The van der Waals surface area contributed by atoms with Gasteiger partial charge in [0, 0.05) is 17.5 Å². The van der Waals surface area contributed by atoms with Gasteiger partial charge in [-0.2, -0.15) is 0 Å². The third-order valence-corrected chi connectivity index (χ3v) is 5.17. The van der Waals surface area contributed by atoms with E-state index in [4.69, 9.17) is 4.74 Å². The number of hydrogen-bond acceptors (Lipinski definition) is 6. The number of rotatable bonds is 3. The highest BCUT2D eigenvalue weighted by atomic mass is 16.5. The molecule has 30 heavy (non-hydrogen) atoms. The van der Waals surface area contributed by atoms with Gasteiger partial charge in [-0.25, -0.2) is 0 Å². The van der Waals surface area contributed by atoms with Gasteiger partial charge in [-0.05, 0) is 42.8 Å². The zero-order valence-electron chi connectivity index (χ0n) is 16.2. The number of ketones is 1. The third kappa shape index (κ3) is 3.33. The first-order valence-electron chi connectivity index (χ1n) is 9.40. The molecule has 0 aromatic heterocycles. The second kappa shape index (κ2) is 7.48. The Hall–Kier alpha value is -3.93. The highest BCUT2D eigenvalue weighted by Crippen LogP contribution is 2.46. The zero-order chi connectivity index (χ0) is 21.4. The fourth-order valence-corrected chi connectivity index (χ4v) is 3.75. The SMILES string of the molecule is CC(=O)c1c(O)ccc(O)c1/C=C1\OC(c2ccccc2)Cc2c(O)ccc(O)c21. The molecule has 0 saturated heterocycles. The van der Waals surface area contributed by atoms with Crippen LogP contribution in [0.5, 0.6) is 23.0 Å². The molecule has 1 heterocycles. The largest absolute Gasteiger partial charge is 0.508 e. The highest BCUT2D eigenvalue weighted by Gasteiger charge is 2.30. The second-order valence-corrected chi connectivity index (χ2v) is 7.14. The Bertz CT molecular complexity index is 1160. The van der Waals surface area contributed by atoms with Crippen LogP contribution in [0.4, 0.5) is 0 Å². The lowest BCUT2D eigenvalue weighted by Gasteiger charge is -2.30. The van der Waals surface area contributed by atoms with Crippen LogP contribution in [0.2, 0.25) is 0 Å². The van der Waals surface area contributed by atoms with Gasteiger partial charge < -0.3 is 25.2 Å². The summed E-state index contributed by atoms with van der Waals surface area (Å²) in [4.78, 5) is 12.1. The maximum absolute atomic E-state index is 12.1. The molecule has 0 radical (unpaired) electrons. The quantitative estimate of drug-likeness (QED) is 0.378. The van der Waals surface area contributed by atoms with Crippen molar-refractivity contribution in [3.63, 3.8) is 0 Å². The molecule has 1 aliphatic rings. The molecular weight excluding hydrogens is 384 g/mol. The molecule has 3 aromatic carbocycles. The van der Waals surface area contributed by atoms with E-state index in [1.54, 1.807) is 0 Å². The van der Waals surface area contributed by atoms with Crippen LogP contribution in [-0.2, 0) is 11.2 Å². The van der Waals surface area contributed by atoms with E-state index in [1.165, 1.54) is 37.3 Å². The Morgan fingerprint density at radius 3 is 2.23 bits per heavy atom. The number of hydrogen-bond donors (Lipinski definition) is 4. The molecule has 3 aromatic rings. The lowest BCUT2D eigenvalue weighted by Crippen LogP contribution is -2.15. The van der Waals surface area contributed by atoms with E-state index in [0.29, 0.717) is 12.0 Å². The molecule has 4 rings (SSSR count). The van der Waals surface area contributed by atoms with Gasteiger partial charge in [-0.15, -0.1) is 0 Å². The van der Waals surface area contributed by atoms with Crippen molar-refractivity contribution in [2.75, 3.05) is 0 Å². The number of benzene rings is 3. The molecule has 1 aliphatic heterocycles. The minimum absolute atomic E-state index is 0.00449. The summed E-state index contributed by atoms with van der Waals surface area (Å²) in [5, 5.41) is 41.4. The molecule has 0 saturated carbocycles. The van der Waals surface area contributed by atoms with E-state index in [0.717, 1.165) is 5.56 Å². The van der Waals surface area contributed by atoms with Crippen LogP contribution < -0.4 is 0 Å². The van der Waals surface area contributed by atoms with Gasteiger partial charge in [0.2, 0.25) is 0 Å². The molecule has 6 heteroatoms. The Labute approximate surface area is 172 Å². The topological polar surface area (TPSA) is 107 Å². The summed E-state index contributed by atoms with van der Waals surface area (Å²) in [5.41, 5.74) is 1.64. The van der Waals surface area contributed by atoms with Gasteiger partial charge in [0.25, 0.3) is 0 Å². The summed E-state index contributed by atoms with van der Waals surface area (Å²) in [6.45, 7) is 1.28. The zero-order valence-corrected chi connectivity index (χ0v) is 16.2. The number of Topliss-reactive ketones (excluding diaryl/α,β-unsaturated/α-hetero) is 1. The van der Waals surface area contributed by atoms with Crippen LogP contribution in [0, 0.1) is 0 Å². The van der Waals surface area contributed by atoms with E-state index >= 15 is 0 Å². The molecule has 0 amide bonds. The lowest BCUT2D eigenvalue weighted by molar-refractivity contribution is 0.101. The van der Waals surface area contributed by atoms with Crippen LogP contribution >= 0.6 is 0 Å². The van der Waals surface area contributed by atoms with Gasteiger partial charge in [-0.1, -0.05) is 30.3 Å². The van der Waals surface area contributed by atoms with E-state index in [1.807, 2.05) is 30.3 Å². The fourth-order valence-electron chi connectivity index (χ4n) is 3.75. The van der Waals surface area contributed by atoms with Gasteiger partial charge in [0.1, 0.15) is 34.9 Å². The van der Waals surface area contributed by atoms with Gasteiger partial charge in [-0.3, -0.25) is 4.79 Å². The number of fused-ring (bicyclic) bond motifs is 1. The molecule has 0 spiro atoms. The summed E-state index contributed by atoms with van der Waals surface area (Å²) in [6.07, 6.45) is 1.26. The monoisotopic (exact) mass is 404 g/mol. The van der Waals surface area contributed by atoms with E-state index in [-0.39, 0.29) is 45.4 Å². The van der Waals surface area contributed by atoms with E-state index < -0.39 is 11.9 Å². The maximum Gasteiger partial charge on any atom is 0.164 e. The number of carbonyl (C=O) groups is 1. The smallest absolute Gasteiger partial charge is 0.164 e. The normalized spacial score (nSPS) is 16.7. The van der Waals surface area contributed by atoms with Gasteiger partial charge >= 0.3 is 0 Å². The Morgan fingerprint density at radius 1 is 0.900 bits per heavy atom. The maximum atomic E-state index is 12.1. The third-order valence-electron chi connectivity index (χ3n) is 5.17. The van der Waals surface area contributed by atoms with E-state index in [2.05, 4.69) is 0 Å². The predicted molar refractivity (Wildman–Crippen MR) is 111 cm³/mol. The molecule has 0 bridgehead atoms. The van der Waals surface area contributed by atoms with Crippen LogP contribution in [0.3, 0.4) is 0 Å². The molecule has 0 fully saturated rings. The average Bonchev–Trinajstić information content (AvgIpc) is 2.73. The first-order chi connectivity index (χ1) is 14.4. The van der Waals surface area contributed by atoms with Crippen molar-refractivity contribution in [1.29, 1.82) is 0 Å². The second-order valence-electron chi connectivity index (χ2n) is 7.14. The molecular formula is C24H20O6. The number of aromatic hydroxyl groups is 4. The number of phenolic OH excluding ortho intramolecular Hbond substituents is 4. The standard InChI is InChI=1S/C24H20O6/c1-13(25)23-15(17(26)7-9-19(23)28)12-22-24-16(18(27)8-10-20(24)29)11-21(30-22)14-5-3-2-4-6-14/h2-10,12,21,26-29H,11H2,1H3/b22-12-. The van der Waals surface area contributed by atoms with Crippen molar-refractivity contribution >= 4 is 17.6 Å². The van der Waals surface area contributed by atoms with Crippen molar-refractivity contribution in [2.45, 2.75) is 19.4 Å². The van der Waals surface area contributed by atoms with Crippen molar-refractivity contribution in [1.82, 2.24) is 0 Å². The number of ether oxygens (including phenoxy) is 1. The van der Waals surface area contributed by atoms with Crippen molar-refractivity contribution in [3.8, 4) is 23.0 Å². The molecule has 1 unspecified atom stereocenters. The molecule has 0 aliphatic carbocycles. The first kappa shape index (κ1) is 19.4. The Kier molecular flexibility index (Phi) is 4.83. The summed E-state index contributed by atoms with van der Waals surface area (Å²) in [6, 6.07) is 14.7. The predicted octanol–water partition coefficient (Wildman–Crippen LogP) is 4.52. The van der Waals surface area contributed by atoms with Crippen molar-refractivity contribution in [3.05, 3.63) is 82.4 Å². The summed E-state index contributed by atoms with van der Waals surface area (Å²) >= 11 is 0. The molecule has 4 N–H and O–H groups in total. The minimum Gasteiger partial charge on any atom is -0.508 e. The lowest BCUT2D eigenvalue weighted by atomic mass is 9.90. The van der Waals surface area contributed by atoms with Crippen LogP contribution in [0.25, 0.3) is 11.8 Å². The fraction of sp³-hybridized carbons (Fsp3) is 0.125. The first-order valence-corrected chi connectivity index (χ1v) is 9.40. The molecule has 1 atom stereocenters. The number of carbonyl (C=O) groups excluding carboxylic acids is 1. The highest BCUT2D eigenvalue weighted by molar-refractivity contribution is 6.03. The summed E-state index contributed by atoms with van der Waals surface area (Å²) < 4.78 is 6.15. The van der Waals surface area contributed by atoms with Gasteiger partial charge in [0.05, 0.1) is 11.1 Å². The van der Waals surface area contributed by atoms with Gasteiger partial charge in [0.15, 0.2) is 5.78 Å². The van der Waals surface area contributed by atoms with Crippen LogP contribution in [-0.4, -0.2) is 26.2 Å². The summed E-state index contributed by atoms with van der Waals surface area (Å²) in [7, 11) is 0. The van der Waals surface area contributed by atoms with Crippen molar-refractivity contribution in [2.24, 2.45) is 0 Å².